The third-order valence-electron chi connectivity index (χ3n) is 5.09. The van der Waals surface area contributed by atoms with E-state index in [1.165, 1.54) is 0 Å². The lowest BCUT2D eigenvalue weighted by Gasteiger charge is -2.25. The van der Waals surface area contributed by atoms with E-state index in [2.05, 4.69) is 5.10 Å². The number of hydrogen-bond donors (Lipinski definition) is 0. The predicted molar refractivity (Wildman–Crippen MR) is 128 cm³/mol. The number of carbonyl (C=O) groups excluding carboxylic acids is 1. The molecule has 7 heteroatoms. The standard InChI is InChI=1S/C25H22Cl2N2O3/c1-2-31-25(30)22-15-24(29(28-22)23-13-10-19(26)14-21(23)27)18-8-11-20(12-9-18)32-16-17-6-4-3-5-7-17/h3-14,24H,2,15-16H2,1H3. The van der Waals surface area contributed by atoms with Crippen LogP contribution < -0.4 is 9.75 Å². The number of esters is 1. The molecule has 0 aromatic heterocycles. The first-order chi connectivity index (χ1) is 15.5. The van der Waals surface area contributed by atoms with Gasteiger partial charge in [0.15, 0.2) is 0 Å². The molecule has 0 spiro atoms. The van der Waals surface area contributed by atoms with Gasteiger partial charge in [0, 0.05) is 11.4 Å². The molecule has 0 fully saturated rings. The van der Waals surface area contributed by atoms with Crippen molar-refractivity contribution < 1.29 is 14.3 Å². The summed E-state index contributed by atoms with van der Waals surface area (Å²) in [6.07, 6.45) is 0.405. The van der Waals surface area contributed by atoms with Crippen LogP contribution in [-0.4, -0.2) is 18.3 Å². The highest BCUT2D eigenvalue weighted by molar-refractivity contribution is 6.38. The lowest BCUT2D eigenvalue weighted by Crippen LogP contribution is -2.19. The fourth-order valence-corrected chi connectivity index (χ4v) is 4.02. The van der Waals surface area contributed by atoms with E-state index in [0.29, 0.717) is 34.5 Å². The molecule has 4 rings (SSSR count). The molecule has 3 aromatic carbocycles. The fraction of sp³-hybridized carbons (Fsp3) is 0.200. The van der Waals surface area contributed by atoms with Crippen LogP contribution in [0.15, 0.2) is 77.9 Å². The maximum atomic E-state index is 12.4. The summed E-state index contributed by atoms with van der Waals surface area (Å²) in [6, 6.07) is 22.8. The van der Waals surface area contributed by atoms with Gasteiger partial charge in [0.05, 0.1) is 23.4 Å². The van der Waals surface area contributed by atoms with Gasteiger partial charge in [-0.2, -0.15) is 5.10 Å². The number of ether oxygens (including phenoxy) is 2. The number of hydrazone groups is 1. The zero-order chi connectivity index (χ0) is 22.5. The molecule has 0 saturated carbocycles. The Morgan fingerprint density at radius 2 is 1.81 bits per heavy atom. The molecule has 1 aliphatic heterocycles. The molecule has 3 aromatic rings. The van der Waals surface area contributed by atoms with Gasteiger partial charge in [-0.15, -0.1) is 0 Å². The average molecular weight is 469 g/mol. The lowest BCUT2D eigenvalue weighted by molar-refractivity contribution is -0.135. The monoisotopic (exact) mass is 468 g/mol. The van der Waals surface area contributed by atoms with Crippen LogP contribution in [-0.2, 0) is 16.1 Å². The van der Waals surface area contributed by atoms with Crippen LogP contribution in [0.2, 0.25) is 10.0 Å². The maximum Gasteiger partial charge on any atom is 0.354 e. The summed E-state index contributed by atoms with van der Waals surface area (Å²) in [5.41, 5.74) is 3.10. The van der Waals surface area contributed by atoms with Crippen molar-refractivity contribution in [2.45, 2.75) is 26.0 Å². The Bertz CT molecular complexity index is 1120. The van der Waals surface area contributed by atoms with Gasteiger partial charge in [0.2, 0.25) is 0 Å². The Hall–Kier alpha value is -3.02. The van der Waals surface area contributed by atoms with Gasteiger partial charge in [-0.25, -0.2) is 4.79 Å². The summed E-state index contributed by atoms with van der Waals surface area (Å²) >= 11 is 12.5. The normalized spacial score (nSPS) is 15.4. The number of benzene rings is 3. The van der Waals surface area contributed by atoms with Crippen LogP contribution in [0, 0.1) is 0 Å². The topological polar surface area (TPSA) is 51.1 Å². The van der Waals surface area contributed by atoms with Gasteiger partial charge >= 0.3 is 5.97 Å². The molecule has 0 amide bonds. The fourth-order valence-electron chi connectivity index (χ4n) is 3.52. The highest BCUT2D eigenvalue weighted by Crippen LogP contribution is 2.40. The molecule has 1 unspecified atom stereocenters. The Balaban J connectivity index is 1.56. The highest BCUT2D eigenvalue weighted by atomic mass is 35.5. The molecule has 0 N–H and O–H groups in total. The van der Waals surface area contributed by atoms with Gasteiger partial charge in [-0.05, 0) is 48.4 Å². The number of hydrogen-bond acceptors (Lipinski definition) is 5. The first kappa shape index (κ1) is 22.2. The first-order valence-electron chi connectivity index (χ1n) is 10.3. The SMILES string of the molecule is CCOC(=O)C1=NN(c2ccc(Cl)cc2Cl)C(c2ccc(OCc3ccccc3)cc2)C1. The average Bonchev–Trinajstić information content (AvgIpc) is 3.24. The molecule has 0 saturated heterocycles. The van der Waals surface area contributed by atoms with Crippen LogP contribution in [0.3, 0.4) is 0 Å². The van der Waals surface area contributed by atoms with E-state index >= 15 is 0 Å². The minimum atomic E-state index is -0.423. The molecular formula is C25H22Cl2N2O3. The zero-order valence-electron chi connectivity index (χ0n) is 17.5. The van der Waals surface area contributed by atoms with Crippen molar-refractivity contribution in [1.82, 2.24) is 0 Å². The molecular weight excluding hydrogens is 447 g/mol. The molecule has 5 nitrogen and oxygen atoms in total. The zero-order valence-corrected chi connectivity index (χ0v) is 19.0. The summed E-state index contributed by atoms with van der Waals surface area (Å²) in [7, 11) is 0. The molecule has 32 heavy (non-hydrogen) atoms. The minimum absolute atomic E-state index is 0.212. The molecule has 0 aliphatic carbocycles. The van der Waals surface area contributed by atoms with Gasteiger partial charge in [0.25, 0.3) is 0 Å². The Labute approximate surface area is 197 Å². The smallest absolute Gasteiger partial charge is 0.354 e. The summed E-state index contributed by atoms with van der Waals surface area (Å²) in [5.74, 6) is 0.339. The minimum Gasteiger partial charge on any atom is -0.489 e. The van der Waals surface area contributed by atoms with Gasteiger partial charge < -0.3 is 9.47 Å². The van der Waals surface area contributed by atoms with Crippen LogP contribution in [0.5, 0.6) is 5.75 Å². The number of carbonyl (C=O) groups is 1. The van der Waals surface area contributed by atoms with E-state index in [1.807, 2.05) is 54.6 Å². The van der Waals surface area contributed by atoms with E-state index < -0.39 is 5.97 Å². The second-order valence-corrected chi connectivity index (χ2v) is 8.11. The van der Waals surface area contributed by atoms with E-state index in [4.69, 9.17) is 32.7 Å². The first-order valence-corrected chi connectivity index (χ1v) is 11.1. The quantitative estimate of drug-likeness (QED) is 0.374. The predicted octanol–water partition coefficient (Wildman–Crippen LogP) is 6.44. The molecule has 164 valence electrons. The third kappa shape index (κ3) is 5.06. The summed E-state index contributed by atoms with van der Waals surface area (Å²) in [5, 5.41) is 7.28. The Morgan fingerprint density at radius 3 is 2.50 bits per heavy atom. The van der Waals surface area contributed by atoms with Crippen molar-refractivity contribution in [3.05, 3.63) is 94.0 Å². The van der Waals surface area contributed by atoms with Crippen molar-refractivity contribution in [3.63, 3.8) is 0 Å². The highest BCUT2D eigenvalue weighted by Gasteiger charge is 2.34. The number of rotatable bonds is 7. The number of anilines is 1. The van der Waals surface area contributed by atoms with Crippen molar-refractivity contribution in [3.8, 4) is 5.75 Å². The number of halogens is 2. The van der Waals surface area contributed by atoms with Crippen molar-refractivity contribution >= 4 is 40.6 Å². The molecule has 0 bridgehead atoms. The third-order valence-corrected chi connectivity index (χ3v) is 5.63. The molecule has 1 atom stereocenters. The van der Waals surface area contributed by atoms with Crippen LogP contribution in [0.1, 0.15) is 30.5 Å². The molecule has 1 aliphatic rings. The van der Waals surface area contributed by atoms with Gasteiger partial charge in [0.1, 0.15) is 18.1 Å². The van der Waals surface area contributed by atoms with E-state index in [0.717, 1.165) is 16.9 Å². The van der Waals surface area contributed by atoms with E-state index in [9.17, 15) is 4.79 Å². The van der Waals surface area contributed by atoms with Crippen LogP contribution in [0.25, 0.3) is 0 Å². The van der Waals surface area contributed by atoms with Crippen molar-refractivity contribution in [2.75, 3.05) is 11.6 Å². The molecule has 1 heterocycles. The summed E-state index contributed by atoms with van der Waals surface area (Å²) in [4.78, 5) is 12.4. The lowest BCUT2D eigenvalue weighted by atomic mass is 10.0. The van der Waals surface area contributed by atoms with Crippen molar-refractivity contribution in [1.29, 1.82) is 0 Å². The Kier molecular flexibility index (Phi) is 6.98. The van der Waals surface area contributed by atoms with Crippen LogP contribution >= 0.6 is 23.2 Å². The summed E-state index contributed by atoms with van der Waals surface area (Å²) in [6.45, 7) is 2.55. The largest absolute Gasteiger partial charge is 0.489 e. The van der Waals surface area contributed by atoms with Gasteiger partial charge in [-0.3, -0.25) is 5.01 Å². The second kappa shape index (κ2) is 10.1. The number of nitrogens with zero attached hydrogens (tertiary/aromatic N) is 2. The second-order valence-electron chi connectivity index (χ2n) is 7.27. The van der Waals surface area contributed by atoms with Gasteiger partial charge in [-0.1, -0.05) is 65.7 Å². The van der Waals surface area contributed by atoms with Crippen molar-refractivity contribution in [2.24, 2.45) is 5.10 Å². The maximum absolute atomic E-state index is 12.4. The summed E-state index contributed by atoms with van der Waals surface area (Å²) < 4.78 is 11.1. The van der Waals surface area contributed by atoms with E-state index in [1.54, 1.807) is 30.1 Å². The van der Waals surface area contributed by atoms with Crippen LogP contribution in [0.4, 0.5) is 5.69 Å². The Morgan fingerprint density at radius 1 is 1.06 bits per heavy atom. The van der Waals surface area contributed by atoms with E-state index in [-0.39, 0.29) is 12.6 Å². The molecule has 0 radical (unpaired) electrons.